The minimum Gasteiger partial charge on any atom is -0.480 e. The van der Waals surface area contributed by atoms with E-state index < -0.39 is 22.0 Å². The maximum Gasteiger partial charge on any atom is 0.326 e. The molecular formula is C16H16N4O4S. The highest BCUT2D eigenvalue weighted by molar-refractivity contribution is 7.89. The molecule has 8 nitrogen and oxygen atoms in total. The van der Waals surface area contributed by atoms with Gasteiger partial charge < -0.3 is 5.11 Å². The summed E-state index contributed by atoms with van der Waals surface area (Å²) in [6.45, 7) is 3.25. The smallest absolute Gasteiger partial charge is 0.326 e. The van der Waals surface area contributed by atoms with Crippen LogP contribution in [0.15, 0.2) is 41.4 Å². The van der Waals surface area contributed by atoms with Crippen molar-refractivity contribution < 1.29 is 18.3 Å². The first-order chi connectivity index (χ1) is 11.8. The number of carboxylic acids is 1. The summed E-state index contributed by atoms with van der Waals surface area (Å²) in [5.41, 5.74) is 1.49. The zero-order chi connectivity index (χ0) is 18.2. The number of H-pyrrole nitrogens is 1. The lowest BCUT2D eigenvalue weighted by atomic mass is 10.1. The van der Waals surface area contributed by atoms with Gasteiger partial charge in [-0.25, -0.2) is 8.42 Å². The Morgan fingerprint density at radius 2 is 1.96 bits per heavy atom. The lowest BCUT2D eigenvalue weighted by Crippen LogP contribution is -2.34. The number of hydrogen-bond acceptors (Lipinski definition) is 5. The number of sulfonamides is 1. The number of para-hydroxylation sites is 1. The Kier molecular flexibility index (Phi) is 4.27. The van der Waals surface area contributed by atoms with Crippen LogP contribution in [-0.2, 0) is 14.8 Å². The van der Waals surface area contributed by atoms with E-state index in [0.29, 0.717) is 22.3 Å². The number of rotatable bonds is 5. The van der Waals surface area contributed by atoms with Gasteiger partial charge in [-0.2, -0.15) is 9.82 Å². The second-order valence-corrected chi connectivity index (χ2v) is 7.25. The first-order valence-corrected chi connectivity index (χ1v) is 8.90. The van der Waals surface area contributed by atoms with Gasteiger partial charge in [0.15, 0.2) is 0 Å². The van der Waals surface area contributed by atoms with Gasteiger partial charge in [0.2, 0.25) is 10.0 Å². The fraction of sp³-hybridized carbons (Fsp3) is 0.188. The molecule has 3 rings (SSSR count). The van der Waals surface area contributed by atoms with Gasteiger partial charge in [0.25, 0.3) is 0 Å². The number of aromatic amines is 1. The largest absolute Gasteiger partial charge is 0.480 e. The Balaban J connectivity index is 2.09. The zero-order valence-corrected chi connectivity index (χ0v) is 14.3. The summed E-state index contributed by atoms with van der Waals surface area (Å²) in [5, 5.41) is 16.8. The molecule has 3 N–H and O–H groups in total. The molecule has 1 aromatic carbocycles. The molecule has 0 radical (unpaired) electrons. The third-order valence-corrected chi connectivity index (χ3v) is 5.33. The van der Waals surface area contributed by atoms with Gasteiger partial charge >= 0.3 is 5.97 Å². The standard InChI is InChI=1S/C16H16N4O4S/c1-9-13(10(2)19-18-9)15(16(21)22)20-25(23,24)12-7-3-5-11-6-4-8-17-14(11)12/h3-8,15,20H,1-2H3,(H,18,19)(H,21,22)/t15-/m0/s1. The van der Waals surface area contributed by atoms with Crippen LogP contribution in [0.2, 0.25) is 0 Å². The predicted molar refractivity (Wildman–Crippen MR) is 90.5 cm³/mol. The van der Waals surface area contributed by atoms with E-state index in [2.05, 4.69) is 19.9 Å². The second kappa shape index (κ2) is 6.26. The van der Waals surface area contributed by atoms with E-state index in [-0.39, 0.29) is 10.4 Å². The number of aliphatic carboxylic acids is 1. The Morgan fingerprint density at radius 1 is 1.24 bits per heavy atom. The van der Waals surface area contributed by atoms with Crippen LogP contribution >= 0.6 is 0 Å². The summed E-state index contributed by atoms with van der Waals surface area (Å²) in [5.74, 6) is -1.32. The number of fused-ring (bicyclic) bond motifs is 1. The Labute approximate surface area is 144 Å². The fourth-order valence-electron chi connectivity index (χ4n) is 2.73. The van der Waals surface area contributed by atoms with Crippen molar-refractivity contribution in [3.63, 3.8) is 0 Å². The number of aromatic nitrogens is 3. The van der Waals surface area contributed by atoms with Gasteiger partial charge in [0.1, 0.15) is 10.9 Å². The summed E-state index contributed by atoms with van der Waals surface area (Å²) < 4.78 is 27.9. The predicted octanol–water partition coefficient (Wildman–Crippen LogP) is 1.68. The molecule has 0 aliphatic rings. The number of carboxylic acid groups (broad SMARTS) is 1. The maximum atomic E-state index is 12.8. The number of nitrogens with one attached hydrogen (secondary N) is 2. The van der Waals surface area contributed by atoms with Crippen LogP contribution in [0.4, 0.5) is 0 Å². The molecule has 0 saturated heterocycles. The van der Waals surface area contributed by atoms with Crippen molar-refractivity contribution in [2.45, 2.75) is 24.8 Å². The summed E-state index contributed by atoms with van der Waals surface area (Å²) in [6.07, 6.45) is 1.49. The van der Waals surface area contributed by atoms with Crippen molar-refractivity contribution in [1.82, 2.24) is 19.9 Å². The Hall–Kier alpha value is -2.78. The molecule has 0 fully saturated rings. The minimum atomic E-state index is -4.13. The van der Waals surface area contributed by atoms with Crippen LogP contribution in [0.1, 0.15) is 23.0 Å². The summed E-state index contributed by atoms with van der Waals surface area (Å²) >= 11 is 0. The van der Waals surface area contributed by atoms with E-state index >= 15 is 0 Å². The van der Waals surface area contributed by atoms with E-state index in [9.17, 15) is 18.3 Å². The number of benzene rings is 1. The molecule has 130 valence electrons. The molecule has 3 aromatic rings. The third-order valence-electron chi connectivity index (χ3n) is 3.88. The minimum absolute atomic E-state index is 0.0735. The zero-order valence-electron chi connectivity index (χ0n) is 13.5. The molecule has 0 spiro atoms. The van der Waals surface area contributed by atoms with Crippen LogP contribution in [-0.4, -0.2) is 34.7 Å². The summed E-state index contributed by atoms with van der Waals surface area (Å²) in [4.78, 5) is 15.7. The van der Waals surface area contributed by atoms with Gasteiger partial charge in [-0.05, 0) is 26.0 Å². The molecule has 0 bridgehead atoms. The van der Waals surface area contributed by atoms with E-state index in [0.717, 1.165) is 0 Å². The van der Waals surface area contributed by atoms with E-state index in [1.165, 1.54) is 12.3 Å². The molecule has 2 aromatic heterocycles. The number of nitrogens with zero attached hydrogens (tertiary/aromatic N) is 2. The molecule has 2 heterocycles. The topological polar surface area (TPSA) is 125 Å². The molecule has 0 unspecified atom stereocenters. The molecule has 0 aliphatic heterocycles. The highest BCUT2D eigenvalue weighted by atomic mass is 32.2. The molecule has 25 heavy (non-hydrogen) atoms. The maximum absolute atomic E-state index is 12.8. The van der Waals surface area contributed by atoms with Crippen LogP contribution in [0, 0.1) is 13.8 Å². The average Bonchev–Trinajstić information content (AvgIpc) is 2.90. The quantitative estimate of drug-likeness (QED) is 0.636. The van der Waals surface area contributed by atoms with Gasteiger partial charge in [-0.1, -0.05) is 18.2 Å². The Bertz CT molecular complexity index is 1030. The third kappa shape index (κ3) is 3.11. The van der Waals surface area contributed by atoms with Crippen molar-refractivity contribution >= 4 is 26.9 Å². The van der Waals surface area contributed by atoms with Crippen LogP contribution in [0.5, 0.6) is 0 Å². The van der Waals surface area contributed by atoms with E-state index in [1.54, 1.807) is 38.1 Å². The highest BCUT2D eigenvalue weighted by Crippen LogP contribution is 2.25. The van der Waals surface area contributed by atoms with E-state index in [4.69, 9.17) is 0 Å². The normalized spacial score (nSPS) is 13.0. The SMILES string of the molecule is Cc1n[nH]c(C)c1[C@H](NS(=O)(=O)c1cccc2cccnc12)C(=O)O. The molecular weight excluding hydrogens is 344 g/mol. The molecule has 9 heteroatoms. The van der Waals surface area contributed by atoms with Crippen LogP contribution in [0.25, 0.3) is 10.9 Å². The molecule has 0 amide bonds. The van der Waals surface area contributed by atoms with Crippen molar-refractivity contribution in [1.29, 1.82) is 0 Å². The number of carbonyl (C=O) groups is 1. The van der Waals surface area contributed by atoms with Gasteiger partial charge in [-0.15, -0.1) is 0 Å². The van der Waals surface area contributed by atoms with Gasteiger partial charge in [-0.3, -0.25) is 14.9 Å². The number of pyridine rings is 1. The summed E-state index contributed by atoms with van der Waals surface area (Å²) in [7, 11) is -4.13. The summed E-state index contributed by atoms with van der Waals surface area (Å²) in [6, 6.07) is 6.70. The highest BCUT2D eigenvalue weighted by Gasteiger charge is 2.31. The average molecular weight is 360 g/mol. The Morgan fingerprint density at radius 3 is 2.60 bits per heavy atom. The molecule has 1 atom stereocenters. The lowest BCUT2D eigenvalue weighted by molar-refractivity contribution is -0.139. The number of hydrogen-bond donors (Lipinski definition) is 3. The fourth-order valence-corrected chi connectivity index (χ4v) is 4.07. The van der Waals surface area contributed by atoms with Gasteiger partial charge in [0.05, 0.1) is 11.2 Å². The molecule has 0 aliphatic carbocycles. The molecule has 0 saturated carbocycles. The van der Waals surface area contributed by atoms with Gasteiger partial charge in [0, 0.05) is 22.8 Å². The van der Waals surface area contributed by atoms with Crippen molar-refractivity contribution in [2.24, 2.45) is 0 Å². The first kappa shape index (κ1) is 17.1. The van der Waals surface area contributed by atoms with Crippen molar-refractivity contribution in [3.05, 3.63) is 53.5 Å². The second-order valence-electron chi connectivity index (χ2n) is 5.57. The van der Waals surface area contributed by atoms with Crippen molar-refractivity contribution in [3.8, 4) is 0 Å². The van der Waals surface area contributed by atoms with E-state index in [1.807, 2.05) is 0 Å². The lowest BCUT2D eigenvalue weighted by Gasteiger charge is -2.16. The first-order valence-electron chi connectivity index (χ1n) is 7.41. The number of aryl methyl sites for hydroxylation is 2. The monoisotopic (exact) mass is 360 g/mol. The van der Waals surface area contributed by atoms with Crippen LogP contribution < -0.4 is 4.72 Å². The van der Waals surface area contributed by atoms with Crippen LogP contribution in [0.3, 0.4) is 0 Å². The van der Waals surface area contributed by atoms with Crippen molar-refractivity contribution in [2.75, 3.05) is 0 Å².